The Morgan fingerprint density at radius 2 is 2.00 bits per heavy atom. The molecule has 0 unspecified atom stereocenters. The van der Waals surface area contributed by atoms with Crippen LogP contribution in [0.1, 0.15) is 39.0 Å². The molecule has 25 heavy (non-hydrogen) atoms. The minimum absolute atomic E-state index is 0.0482. The lowest BCUT2D eigenvalue weighted by Crippen LogP contribution is -2.47. The molecule has 1 aromatic carbocycles. The number of likely N-dealkylation sites (tertiary alicyclic amines) is 1. The number of benzene rings is 1. The number of hydrogen-bond donors (Lipinski definition) is 1. The van der Waals surface area contributed by atoms with Crippen LogP contribution in [0, 0.1) is 5.92 Å². The van der Waals surface area contributed by atoms with Crippen molar-refractivity contribution in [3.05, 3.63) is 24.3 Å². The van der Waals surface area contributed by atoms with Crippen molar-refractivity contribution in [3.8, 4) is 5.75 Å². The van der Waals surface area contributed by atoms with Crippen molar-refractivity contribution in [3.63, 3.8) is 0 Å². The van der Waals surface area contributed by atoms with Crippen molar-refractivity contribution in [2.45, 2.75) is 45.1 Å². The van der Waals surface area contributed by atoms with E-state index in [0.717, 1.165) is 24.7 Å². The number of anilines is 1. The molecule has 3 rings (SSSR count). The van der Waals surface area contributed by atoms with Gasteiger partial charge in [-0.05, 0) is 44.0 Å². The molecule has 2 aliphatic rings. The number of carbonyl (C=O) groups excluding carboxylic acids is 1. The molecule has 0 radical (unpaired) electrons. The molecular formula is C20H30N2O3. The van der Waals surface area contributed by atoms with Crippen molar-refractivity contribution in [1.82, 2.24) is 4.90 Å². The van der Waals surface area contributed by atoms with Crippen LogP contribution in [-0.4, -0.2) is 54.8 Å². The van der Waals surface area contributed by atoms with Gasteiger partial charge in [-0.3, -0.25) is 4.79 Å². The molecule has 0 saturated carbocycles. The minimum Gasteiger partial charge on any atom is -0.482 e. The van der Waals surface area contributed by atoms with Crippen molar-refractivity contribution in [1.29, 1.82) is 0 Å². The standard InChI is InChI=1S/C20H30N2O3/c1-2-3-6-16-9-11-21(12-10-16)13-17(23)14-22-18-7-4-5-8-19(18)25-15-20(22)24/h4-5,7-8,16-17,23H,2-3,6,9-15H2,1H3/t17-/m1/s1. The number of para-hydroxylation sites is 2. The fraction of sp³-hybridized carbons (Fsp3) is 0.650. The average molecular weight is 346 g/mol. The number of piperidine rings is 1. The van der Waals surface area contributed by atoms with E-state index in [0.29, 0.717) is 18.8 Å². The van der Waals surface area contributed by atoms with Crippen molar-refractivity contribution < 1.29 is 14.6 Å². The highest BCUT2D eigenvalue weighted by Gasteiger charge is 2.28. The summed E-state index contributed by atoms with van der Waals surface area (Å²) in [6.45, 7) is 5.36. The van der Waals surface area contributed by atoms with Gasteiger partial charge < -0.3 is 19.6 Å². The van der Waals surface area contributed by atoms with Crippen LogP contribution in [0.15, 0.2) is 24.3 Å². The first kappa shape index (κ1) is 18.2. The zero-order valence-corrected chi connectivity index (χ0v) is 15.2. The Kier molecular flexibility index (Phi) is 6.32. The summed E-state index contributed by atoms with van der Waals surface area (Å²) in [4.78, 5) is 16.2. The molecular weight excluding hydrogens is 316 g/mol. The molecule has 5 heteroatoms. The third kappa shape index (κ3) is 4.73. The van der Waals surface area contributed by atoms with Gasteiger partial charge in [0.25, 0.3) is 5.91 Å². The number of aliphatic hydroxyl groups is 1. The van der Waals surface area contributed by atoms with Crippen LogP contribution in [0.2, 0.25) is 0 Å². The quantitative estimate of drug-likeness (QED) is 0.825. The molecule has 1 N–H and O–H groups in total. The van der Waals surface area contributed by atoms with Crippen LogP contribution >= 0.6 is 0 Å². The van der Waals surface area contributed by atoms with Crippen molar-refractivity contribution >= 4 is 11.6 Å². The number of aliphatic hydroxyl groups excluding tert-OH is 1. The van der Waals surface area contributed by atoms with E-state index in [1.54, 1.807) is 4.90 Å². The first-order chi connectivity index (χ1) is 12.2. The fourth-order valence-corrected chi connectivity index (χ4v) is 3.87. The normalized spacial score (nSPS) is 20.2. The maximum Gasteiger partial charge on any atom is 0.265 e. The topological polar surface area (TPSA) is 53.0 Å². The molecule has 1 aromatic rings. The summed E-state index contributed by atoms with van der Waals surface area (Å²) in [7, 11) is 0. The number of rotatable bonds is 7. The van der Waals surface area contributed by atoms with Gasteiger partial charge >= 0.3 is 0 Å². The predicted octanol–water partition coefficient (Wildman–Crippen LogP) is 2.68. The Bertz CT molecular complexity index is 570. The van der Waals surface area contributed by atoms with E-state index >= 15 is 0 Å². The number of fused-ring (bicyclic) bond motifs is 1. The van der Waals surface area contributed by atoms with E-state index in [1.165, 1.54) is 32.1 Å². The lowest BCUT2D eigenvalue weighted by molar-refractivity contribution is -0.121. The van der Waals surface area contributed by atoms with Crippen LogP contribution in [0.3, 0.4) is 0 Å². The lowest BCUT2D eigenvalue weighted by Gasteiger charge is -2.35. The van der Waals surface area contributed by atoms with E-state index < -0.39 is 6.10 Å². The molecule has 1 saturated heterocycles. The zero-order chi connectivity index (χ0) is 17.6. The van der Waals surface area contributed by atoms with Gasteiger partial charge in [0.2, 0.25) is 0 Å². The third-order valence-electron chi connectivity index (χ3n) is 5.34. The molecule has 1 fully saturated rings. The van der Waals surface area contributed by atoms with Gasteiger partial charge in [0, 0.05) is 6.54 Å². The number of ether oxygens (including phenoxy) is 1. The highest BCUT2D eigenvalue weighted by Crippen LogP contribution is 2.31. The second-order valence-corrected chi connectivity index (χ2v) is 7.30. The number of amides is 1. The van der Waals surface area contributed by atoms with Gasteiger partial charge in [0.05, 0.1) is 18.3 Å². The number of unbranched alkanes of at least 4 members (excludes halogenated alkanes) is 1. The Morgan fingerprint density at radius 3 is 2.76 bits per heavy atom. The summed E-state index contributed by atoms with van der Waals surface area (Å²) in [5.41, 5.74) is 0.760. The lowest BCUT2D eigenvalue weighted by atomic mass is 9.91. The first-order valence-corrected chi connectivity index (χ1v) is 9.60. The maximum absolute atomic E-state index is 12.2. The Labute approximate surface area is 150 Å². The Morgan fingerprint density at radius 1 is 1.24 bits per heavy atom. The molecule has 2 heterocycles. The number of hydrogen-bond acceptors (Lipinski definition) is 4. The molecule has 0 aliphatic carbocycles. The molecule has 1 atom stereocenters. The van der Waals surface area contributed by atoms with Crippen molar-refractivity contribution in [2.75, 3.05) is 37.7 Å². The number of carbonyl (C=O) groups is 1. The van der Waals surface area contributed by atoms with Crippen molar-refractivity contribution in [2.24, 2.45) is 5.92 Å². The van der Waals surface area contributed by atoms with Crippen LogP contribution in [0.5, 0.6) is 5.75 Å². The van der Waals surface area contributed by atoms with Gasteiger partial charge in [-0.1, -0.05) is 38.3 Å². The molecule has 0 spiro atoms. The molecule has 5 nitrogen and oxygen atoms in total. The largest absolute Gasteiger partial charge is 0.482 e. The van der Waals surface area contributed by atoms with Gasteiger partial charge in [-0.2, -0.15) is 0 Å². The maximum atomic E-state index is 12.2. The van der Waals surface area contributed by atoms with E-state index in [4.69, 9.17) is 4.74 Å². The SMILES string of the molecule is CCCCC1CCN(C[C@@H](O)CN2C(=O)COc3ccccc32)CC1. The molecule has 1 amide bonds. The summed E-state index contributed by atoms with van der Waals surface area (Å²) in [6.07, 6.45) is 5.85. The fourth-order valence-electron chi connectivity index (χ4n) is 3.87. The molecule has 0 bridgehead atoms. The molecule has 0 aromatic heterocycles. The van der Waals surface area contributed by atoms with Crippen LogP contribution < -0.4 is 9.64 Å². The average Bonchev–Trinajstić information content (AvgIpc) is 2.63. The highest BCUT2D eigenvalue weighted by molar-refractivity contribution is 5.97. The second-order valence-electron chi connectivity index (χ2n) is 7.30. The van der Waals surface area contributed by atoms with Crippen LogP contribution in [0.25, 0.3) is 0 Å². The summed E-state index contributed by atoms with van der Waals surface area (Å²) >= 11 is 0. The Hall–Kier alpha value is -1.59. The summed E-state index contributed by atoms with van der Waals surface area (Å²) in [6, 6.07) is 7.52. The molecule has 138 valence electrons. The van der Waals surface area contributed by atoms with Crippen LogP contribution in [0.4, 0.5) is 5.69 Å². The predicted molar refractivity (Wildman–Crippen MR) is 99.0 cm³/mol. The minimum atomic E-state index is -0.540. The summed E-state index contributed by atoms with van der Waals surface area (Å²) in [5.74, 6) is 1.48. The number of β-amino-alcohol motifs (C(OH)–C–C–N with tert-alkyl or cyclic N) is 1. The first-order valence-electron chi connectivity index (χ1n) is 9.60. The van der Waals surface area contributed by atoms with E-state index in [2.05, 4.69) is 11.8 Å². The van der Waals surface area contributed by atoms with E-state index in [1.807, 2.05) is 24.3 Å². The van der Waals surface area contributed by atoms with Crippen LogP contribution in [-0.2, 0) is 4.79 Å². The van der Waals surface area contributed by atoms with Gasteiger partial charge in [-0.15, -0.1) is 0 Å². The van der Waals surface area contributed by atoms with Gasteiger partial charge in [-0.25, -0.2) is 0 Å². The summed E-state index contributed by atoms with van der Waals surface area (Å²) < 4.78 is 5.46. The molecule has 2 aliphatic heterocycles. The third-order valence-corrected chi connectivity index (χ3v) is 5.34. The smallest absolute Gasteiger partial charge is 0.265 e. The van der Waals surface area contributed by atoms with E-state index in [-0.39, 0.29) is 12.5 Å². The monoisotopic (exact) mass is 346 g/mol. The Balaban J connectivity index is 1.50. The summed E-state index contributed by atoms with van der Waals surface area (Å²) in [5, 5.41) is 10.5. The highest BCUT2D eigenvalue weighted by atomic mass is 16.5. The van der Waals surface area contributed by atoms with Gasteiger partial charge in [0.1, 0.15) is 5.75 Å². The second kappa shape index (κ2) is 8.68. The van der Waals surface area contributed by atoms with Gasteiger partial charge in [0.15, 0.2) is 6.61 Å². The van der Waals surface area contributed by atoms with E-state index in [9.17, 15) is 9.90 Å². The zero-order valence-electron chi connectivity index (χ0n) is 15.2. The number of nitrogens with zero attached hydrogens (tertiary/aromatic N) is 2.